The van der Waals surface area contributed by atoms with Gasteiger partial charge in [0.15, 0.2) is 5.78 Å². The number of ether oxygens (including phenoxy) is 1. The van der Waals surface area contributed by atoms with Crippen LogP contribution in [-0.4, -0.2) is 53.6 Å². The molecule has 0 saturated carbocycles. The first kappa shape index (κ1) is 17.1. The number of quaternary nitrogens is 1. The molecule has 0 bridgehead atoms. The second kappa shape index (κ2) is 7.82. The molecule has 2 rings (SSSR count). The number of carbonyl (C=O) groups excluding carboxylic acids is 1. The lowest BCUT2D eigenvalue weighted by molar-refractivity contribution is -0.908. The Morgan fingerprint density at radius 2 is 2.05 bits per heavy atom. The van der Waals surface area contributed by atoms with Gasteiger partial charge in [-0.15, -0.1) is 0 Å². The van der Waals surface area contributed by atoms with Crippen LogP contribution in [0, 0.1) is 0 Å². The van der Waals surface area contributed by atoms with Gasteiger partial charge in [-0.25, -0.2) is 13.1 Å². The van der Waals surface area contributed by atoms with E-state index in [0.29, 0.717) is 12.1 Å². The Labute approximate surface area is 131 Å². The van der Waals surface area contributed by atoms with Gasteiger partial charge in [-0.3, -0.25) is 4.79 Å². The molecule has 22 heavy (non-hydrogen) atoms. The number of rotatable bonds is 7. The molecule has 122 valence electrons. The molecule has 0 aliphatic carbocycles. The van der Waals surface area contributed by atoms with Crippen molar-refractivity contribution in [3.8, 4) is 0 Å². The number of hydrogen-bond acceptors (Lipinski definition) is 4. The maximum Gasteiger partial charge on any atom is 0.240 e. The number of benzene rings is 1. The molecule has 1 aromatic carbocycles. The Bertz CT molecular complexity index is 610. The van der Waals surface area contributed by atoms with Crippen molar-refractivity contribution in [3.63, 3.8) is 0 Å². The zero-order chi connectivity index (χ0) is 16.0. The summed E-state index contributed by atoms with van der Waals surface area (Å²) in [5.74, 6) is -0.145. The third kappa shape index (κ3) is 4.88. The van der Waals surface area contributed by atoms with Gasteiger partial charge < -0.3 is 9.64 Å². The third-order valence-corrected chi connectivity index (χ3v) is 5.21. The molecule has 1 aliphatic rings. The first-order chi connectivity index (χ1) is 10.5. The summed E-state index contributed by atoms with van der Waals surface area (Å²) in [7, 11) is -3.56. The van der Waals surface area contributed by atoms with E-state index in [1.807, 2.05) is 0 Å². The maximum atomic E-state index is 12.2. The lowest BCUT2D eigenvalue weighted by Gasteiger charge is -2.23. The Balaban J connectivity index is 1.85. The van der Waals surface area contributed by atoms with Crippen molar-refractivity contribution in [1.29, 1.82) is 0 Å². The van der Waals surface area contributed by atoms with E-state index in [0.717, 1.165) is 39.3 Å². The Hall–Kier alpha value is -1.28. The second-order valence-electron chi connectivity index (χ2n) is 5.45. The summed E-state index contributed by atoms with van der Waals surface area (Å²) in [6.07, 6.45) is 0.779. The van der Waals surface area contributed by atoms with Crippen molar-refractivity contribution >= 4 is 15.8 Å². The number of nitrogens with one attached hydrogen (secondary N) is 2. The summed E-state index contributed by atoms with van der Waals surface area (Å²) < 4.78 is 32.3. The minimum atomic E-state index is -3.56. The molecule has 1 aromatic rings. The summed E-state index contributed by atoms with van der Waals surface area (Å²) in [6, 6.07) is 6.12. The fraction of sp³-hybridized carbons (Fsp3) is 0.533. The molecule has 1 aliphatic heterocycles. The Morgan fingerprint density at radius 3 is 2.73 bits per heavy atom. The van der Waals surface area contributed by atoms with Gasteiger partial charge in [0.05, 0.1) is 24.7 Å². The quantitative estimate of drug-likeness (QED) is 0.522. The van der Waals surface area contributed by atoms with Crippen LogP contribution in [0.3, 0.4) is 0 Å². The summed E-state index contributed by atoms with van der Waals surface area (Å²) >= 11 is 0. The lowest BCUT2D eigenvalue weighted by atomic mass is 10.2. The van der Waals surface area contributed by atoms with Crippen LogP contribution in [0.2, 0.25) is 0 Å². The zero-order valence-electron chi connectivity index (χ0n) is 12.8. The van der Waals surface area contributed by atoms with Crippen molar-refractivity contribution in [1.82, 2.24) is 4.72 Å². The molecule has 0 aromatic heterocycles. The van der Waals surface area contributed by atoms with Crippen LogP contribution in [0.25, 0.3) is 0 Å². The van der Waals surface area contributed by atoms with Gasteiger partial charge in [0.1, 0.15) is 13.1 Å². The van der Waals surface area contributed by atoms with Gasteiger partial charge in [-0.05, 0) is 19.1 Å². The van der Waals surface area contributed by atoms with E-state index in [9.17, 15) is 13.2 Å². The number of morpholine rings is 1. The maximum absolute atomic E-state index is 12.2. The smallest absolute Gasteiger partial charge is 0.240 e. The first-order valence-corrected chi connectivity index (χ1v) is 8.99. The Morgan fingerprint density at radius 1 is 1.32 bits per heavy atom. The molecule has 0 radical (unpaired) electrons. The minimum Gasteiger partial charge on any atom is -0.370 e. The molecule has 7 heteroatoms. The highest BCUT2D eigenvalue weighted by Crippen LogP contribution is 2.11. The van der Waals surface area contributed by atoms with Gasteiger partial charge >= 0.3 is 0 Å². The molecule has 2 N–H and O–H groups in total. The molecule has 6 nitrogen and oxygen atoms in total. The molecular formula is C15H23N2O4S+. The van der Waals surface area contributed by atoms with E-state index < -0.39 is 10.0 Å². The van der Waals surface area contributed by atoms with Gasteiger partial charge in [-0.2, -0.15) is 0 Å². The first-order valence-electron chi connectivity index (χ1n) is 7.51. The van der Waals surface area contributed by atoms with Crippen molar-refractivity contribution in [2.24, 2.45) is 0 Å². The van der Waals surface area contributed by atoms with E-state index in [-0.39, 0.29) is 10.7 Å². The van der Waals surface area contributed by atoms with E-state index in [2.05, 4.69) is 4.72 Å². The van der Waals surface area contributed by atoms with Crippen molar-refractivity contribution in [2.45, 2.75) is 18.2 Å². The lowest BCUT2D eigenvalue weighted by Crippen LogP contribution is -3.14. The molecule has 1 saturated heterocycles. The van der Waals surface area contributed by atoms with Gasteiger partial charge in [0.2, 0.25) is 10.0 Å². The van der Waals surface area contributed by atoms with Gasteiger partial charge in [0.25, 0.3) is 0 Å². The van der Waals surface area contributed by atoms with E-state index >= 15 is 0 Å². The van der Waals surface area contributed by atoms with Crippen LogP contribution in [0.4, 0.5) is 0 Å². The fourth-order valence-corrected chi connectivity index (χ4v) is 3.54. The fourth-order valence-electron chi connectivity index (χ4n) is 2.42. The summed E-state index contributed by atoms with van der Waals surface area (Å²) in [5, 5.41) is 0. The van der Waals surface area contributed by atoms with Crippen LogP contribution in [0.15, 0.2) is 29.2 Å². The molecule has 1 fully saturated rings. The minimum absolute atomic E-state index is 0.138. The van der Waals surface area contributed by atoms with E-state index in [1.54, 1.807) is 12.1 Å². The second-order valence-corrected chi connectivity index (χ2v) is 7.21. The average molecular weight is 327 g/mol. The number of Topliss-reactive ketones (excluding diaryl/α,β-unsaturated/α-hetero) is 1. The summed E-state index contributed by atoms with van der Waals surface area (Å²) in [5.41, 5.74) is 0.403. The number of carbonyl (C=O) groups is 1. The van der Waals surface area contributed by atoms with Crippen LogP contribution in [-0.2, 0) is 14.8 Å². The van der Waals surface area contributed by atoms with Crippen LogP contribution >= 0.6 is 0 Å². The Kier molecular flexibility index (Phi) is 6.07. The van der Waals surface area contributed by atoms with Crippen molar-refractivity contribution in [2.75, 3.05) is 39.4 Å². The van der Waals surface area contributed by atoms with Gasteiger partial charge in [-0.1, -0.05) is 12.1 Å². The van der Waals surface area contributed by atoms with Gasteiger partial charge in [0, 0.05) is 18.5 Å². The number of sulfonamides is 1. The van der Waals surface area contributed by atoms with Crippen LogP contribution in [0.5, 0.6) is 0 Å². The highest BCUT2D eigenvalue weighted by Gasteiger charge is 2.16. The number of ketones is 1. The molecule has 1 heterocycles. The topological polar surface area (TPSA) is 76.9 Å². The summed E-state index contributed by atoms with van der Waals surface area (Å²) in [6.45, 7) is 6.26. The van der Waals surface area contributed by atoms with Crippen molar-refractivity contribution in [3.05, 3.63) is 29.8 Å². The molecule has 0 unspecified atom stereocenters. The molecule has 0 atom stereocenters. The van der Waals surface area contributed by atoms with Crippen LogP contribution < -0.4 is 9.62 Å². The number of hydrogen-bond donors (Lipinski definition) is 2. The third-order valence-electron chi connectivity index (χ3n) is 3.75. The van der Waals surface area contributed by atoms with E-state index in [1.165, 1.54) is 24.0 Å². The average Bonchev–Trinajstić information content (AvgIpc) is 2.53. The highest BCUT2D eigenvalue weighted by atomic mass is 32.2. The predicted molar refractivity (Wildman–Crippen MR) is 82.6 cm³/mol. The molecule has 0 amide bonds. The molecule has 0 spiro atoms. The highest BCUT2D eigenvalue weighted by molar-refractivity contribution is 7.89. The monoisotopic (exact) mass is 327 g/mol. The SMILES string of the molecule is CC(=O)c1cccc(S(=O)(=O)NCCC[NH+]2CCOCC2)c1. The standard InChI is InChI=1S/C15H22N2O4S/c1-13(18)14-4-2-5-15(12-14)22(19,20)16-6-3-7-17-8-10-21-11-9-17/h2,4-5,12,16H,3,6-11H2,1H3/p+1. The van der Waals surface area contributed by atoms with Crippen molar-refractivity contribution < 1.29 is 22.8 Å². The predicted octanol–water partition coefficient (Wildman–Crippen LogP) is -0.527. The van der Waals surface area contributed by atoms with E-state index in [4.69, 9.17) is 4.74 Å². The van der Waals surface area contributed by atoms with Crippen LogP contribution in [0.1, 0.15) is 23.7 Å². The molecular weight excluding hydrogens is 304 g/mol. The normalized spacial score (nSPS) is 16.6. The zero-order valence-corrected chi connectivity index (χ0v) is 13.6. The summed E-state index contributed by atoms with van der Waals surface area (Å²) in [4.78, 5) is 12.9. The largest absolute Gasteiger partial charge is 0.370 e.